The van der Waals surface area contributed by atoms with Gasteiger partial charge in [-0.2, -0.15) is 0 Å². The van der Waals surface area contributed by atoms with Gasteiger partial charge in [-0.1, -0.05) is 20.8 Å². The van der Waals surface area contributed by atoms with E-state index in [1.807, 2.05) is 20.8 Å². The van der Waals surface area contributed by atoms with Gasteiger partial charge in [0, 0.05) is 10.8 Å². The Morgan fingerprint density at radius 1 is 1.20 bits per heavy atom. The molecule has 0 aromatic rings. The van der Waals surface area contributed by atoms with Crippen molar-refractivity contribution >= 4 is 23.2 Å². The van der Waals surface area contributed by atoms with Gasteiger partial charge in [0.2, 0.25) is 0 Å². The third-order valence-corrected chi connectivity index (χ3v) is 4.89. The fraction of sp³-hybridized carbons (Fsp3) is 1.00. The van der Waals surface area contributed by atoms with E-state index in [-0.39, 0.29) is 17.4 Å². The lowest BCUT2D eigenvalue weighted by Gasteiger charge is -2.07. The van der Waals surface area contributed by atoms with Gasteiger partial charge in [-0.3, -0.25) is 0 Å². The standard InChI is InChI=1S/C7H12Cl2O/c1-5(2)6(3,4-10)7(5,8)9/h10H,4H2,1-3H3. The van der Waals surface area contributed by atoms with E-state index in [0.29, 0.717) is 0 Å². The summed E-state index contributed by atoms with van der Waals surface area (Å²) in [6, 6.07) is 0. The number of aliphatic hydroxyl groups excluding tert-OH is 1. The highest BCUT2D eigenvalue weighted by molar-refractivity contribution is 6.52. The second-order valence-electron chi connectivity index (χ2n) is 3.69. The molecule has 0 bridgehead atoms. The van der Waals surface area contributed by atoms with Crippen molar-refractivity contribution in [3.63, 3.8) is 0 Å². The molecular formula is C7H12Cl2O. The van der Waals surface area contributed by atoms with Crippen molar-refractivity contribution in [1.29, 1.82) is 0 Å². The van der Waals surface area contributed by atoms with Crippen LogP contribution in [0.1, 0.15) is 20.8 Å². The van der Waals surface area contributed by atoms with Gasteiger partial charge < -0.3 is 5.11 Å². The average molecular weight is 183 g/mol. The molecule has 1 atom stereocenters. The van der Waals surface area contributed by atoms with E-state index in [1.54, 1.807) is 0 Å². The summed E-state index contributed by atoms with van der Waals surface area (Å²) in [6.45, 7) is 5.87. The molecule has 1 aliphatic carbocycles. The third kappa shape index (κ3) is 0.596. The summed E-state index contributed by atoms with van der Waals surface area (Å²) in [6.07, 6.45) is 0. The number of alkyl halides is 2. The molecule has 0 saturated heterocycles. The summed E-state index contributed by atoms with van der Waals surface area (Å²) in [5.41, 5.74) is -0.499. The normalized spacial score (nSPS) is 41.4. The number of halogens is 2. The van der Waals surface area contributed by atoms with Crippen molar-refractivity contribution in [2.75, 3.05) is 6.61 Å². The molecule has 1 fully saturated rings. The van der Waals surface area contributed by atoms with E-state index in [2.05, 4.69) is 0 Å². The zero-order valence-electron chi connectivity index (χ0n) is 6.41. The Morgan fingerprint density at radius 3 is 1.50 bits per heavy atom. The van der Waals surface area contributed by atoms with E-state index < -0.39 is 4.33 Å². The quantitative estimate of drug-likeness (QED) is 0.618. The Kier molecular flexibility index (Phi) is 1.57. The fourth-order valence-electron chi connectivity index (χ4n) is 1.35. The van der Waals surface area contributed by atoms with E-state index in [4.69, 9.17) is 28.3 Å². The van der Waals surface area contributed by atoms with Crippen LogP contribution in [0.4, 0.5) is 0 Å². The van der Waals surface area contributed by atoms with E-state index in [1.165, 1.54) is 0 Å². The fourth-order valence-corrected chi connectivity index (χ4v) is 2.27. The first kappa shape index (κ1) is 8.63. The first-order chi connectivity index (χ1) is 4.31. The van der Waals surface area contributed by atoms with Gasteiger partial charge in [0.15, 0.2) is 0 Å². The molecule has 0 spiro atoms. The topological polar surface area (TPSA) is 20.2 Å². The van der Waals surface area contributed by atoms with Crippen LogP contribution in [0.25, 0.3) is 0 Å². The minimum absolute atomic E-state index is 0.0486. The van der Waals surface area contributed by atoms with Gasteiger partial charge in [0.25, 0.3) is 0 Å². The lowest BCUT2D eigenvalue weighted by molar-refractivity contribution is 0.194. The first-order valence-electron chi connectivity index (χ1n) is 3.30. The summed E-state index contributed by atoms with van der Waals surface area (Å²) in [4.78, 5) is 0. The SMILES string of the molecule is CC1(C)C(Cl)(Cl)C1(C)CO. The number of hydrogen-bond donors (Lipinski definition) is 1. The first-order valence-corrected chi connectivity index (χ1v) is 4.05. The molecule has 0 amide bonds. The summed E-state index contributed by atoms with van der Waals surface area (Å²) < 4.78 is -0.755. The average Bonchev–Trinajstić information content (AvgIpc) is 2.11. The van der Waals surface area contributed by atoms with Crippen LogP contribution in [-0.2, 0) is 0 Å². The zero-order valence-corrected chi connectivity index (χ0v) is 7.92. The zero-order chi connectivity index (χ0) is 8.21. The minimum Gasteiger partial charge on any atom is -0.396 e. The molecule has 0 aromatic heterocycles. The Hall–Kier alpha value is 0.540. The molecule has 0 aliphatic heterocycles. The molecule has 1 rings (SSSR count). The number of aliphatic hydroxyl groups is 1. The molecule has 10 heavy (non-hydrogen) atoms. The summed E-state index contributed by atoms with van der Waals surface area (Å²) in [5, 5.41) is 8.97. The van der Waals surface area contributed by atoms with Crippen LogP contribution in [0.5, 0.6) is 0 Å². The monoisotopic (exact) mass is 182 g/mol. The van der Waals surface area contributed by atoms with Crippen molar-refractivity contribution in [3.8, 4) is 0 Å². The highest BCUT2D eigenvalue weighted by atomic mass is 35.5. The van der Waals surface area contributed by atoms with Gasteiger partial charge in [0.05, 0.1) is 6.61 Å². The molecule has 1 N–H and O–H groups in total. The number of rotatable bonds is 1. The van der Waals surface area contributed by atoms with E-state index >= 15 is 0 Å². The highest BCUT2D eigenvalue weighted by Crippen LogP contribution is 2.77. The smallest absolute Gasteiger partial charge is 0.132 e. The molecule has 60 valence electrons. The molecule has 0 radical (unpaired) electrons. The van der Waals surface area contributed by atoms with E-state index in [0.717, 1.165) is 0 Å². The van der Waals surface area contributed by atoms with Crippen LogP contribution in [0.15, 0.2) is 0 Å². The predicted octanol–water partition coefficient (Wildman–Crippen LogP) is 2.20. The molecule has 0 heterocycles. The van der Waals surface area contributed by atoms with Crippen molar-refractivity contribution in [2.45, 2.75) is 25.1 Å². The Bertz CT molecular complexity index is 149. The maximum atomic E-state index is 8.97. The maximum absolute atomic E-state index is 8.97. The maximum Gasteiger partial charge on any atom is 0.132 e. The van der Waals surface area contributed by atoms with Crippen molar-refractivity contribution in [1.82, 2.24) is 0 Å². The molecule has 1 saturated carbocycles. The summed E-state index contributed by atoms with van der Waals surface area (Å²) >= 11 is 11.9. The van der Waals surface area contributed by atoms with Gasteiger partial charge in [0.1, 0.15) is 4.33 Å². The lowest BCUT2D eigenvalue weighted by Crippen LogP contribution is -2.10. The lowest BCUT2D eigenvalue weighted by atomic mass is 10.00. The van der Waals surface area contributed by atoms with Gasteiger partial charge in [-0.15, -0.1) is 23.2 Å². The third-order valence-electron chi connectivity index (χ3n) is 3.11. The minimum atomic E-state index is -0.755. The van der Waals surface area contributed by atoms with Crippen molar-refractivity contribution < 1.29 is 5.11 Å². The second kappa shape index (κ2) is 1.82. The summed E-state index contributed by atoms with van der Waals surface area (Å²) in [5.74, 6) is 0. The number of hydrogen-bond acceptors (Lipinski definition) is 1. The van der Waals surface area contributed by atoms with Crippen LogP contribution in [0.2, 0.25) is 0 Å². The van der Waals surface area contributed by atoms with Gasteiger partial charge in [-0.05, 0) is 0 Å². The van der Waals surface area contributed by atoms with Crippen LogP contribution in [0.3, 0.4) is 0 Å². The highest BCUT2D eigenvalue weighted by Gasteiger charge is 2.78. The second-order valence-corrected chi connectivity index (χ2v) is 5.02. The van der Waals surface area contributed by atoms with Crippen LogP contribution in [0, 0.1) is 10.8 Å². The Morgan fingerprint density at radius 2 is 1.50 bits per heavy atom. The largest absolute Gasteiger partial charge is 0.396 e. The molecule has 3 heteroatoms. The Balaban J connectivity index is 2.90. The van der Waals surface area contributed by atoms with Crippen LogP contribution < -0.4 is 0 Å². The van der Waals surface area contributed by atoms with E-state index in [9.17, 15) is 0 Å². The molecule has 0 aromatic carbocycles. The van der Waals surface area contributed by atoms with Crippen LogP contribution in [-0.4, -0.2) is 16.0 Å². The van der Waals surface area contributed by atoms with Gasteiger partial charge >= 0.3 is 0 Å². The molecule has 1 nitrogen and oxygen atoms in total. The molecular weight excluding hydrogens is 171 g/mol. The molecule has 1 unspecified atom stereocenters. The van der Waals surface area contributed by atoms with Crippen molar-refractivity contribution in [2.24, 2.45) is 10.8 Å². The van der Waals surface area contributed by atoms with Gasteiger partial charge in [-0.25, -0.2) is 0 Å². The van der Waals surface area contributed by atoms with Crippen molar-refractivity contribution in [3.05, 3.63) is 0 Å². The molecule has 1 aliphatic rings. The van der Waals surface area contributed by atoms with Crippen LogP contribution >= 0.6 is 23.2 Å². The predicted molar refractivity (Wildman–Crippen MR) is 43.4 cm³/mol. The summed E-state index contributed by atoms with van der Waals surface area (Å²) in [7, 11) is 0. The Labute approximate surface area is 71.3 Å².